The number of phenolic OH excluding ortho intramolecular Hbond substituents is 7. The Bertz CT molecular complexity index is 2370. The molecule has 294 valence electrons. The van der Waals surface area contributed by atoms with Gasteiger partial charge in [0.2, 0.25) is 5.43 Å². The van der Waals surface area contributed by atoms with E-state index in [1.807, 2.05) is 0 Å². The third kappa shape index (κ3) is 7.16. The maximum Gasteiger partial charge on any atom is 0.338 e. The number of phenols is 7. The third-order valence-electron chi connectivity index (χ3n) is 9.42. The molecule has 1 aliphatic heterocycles. The summed E-state index contributed by atoms with van der Waals surface area (Å²) in [7, 11) is 0. The fourth-order valence-electron chi connectivity index (χ4n) is 6.59. The van der Waals surface area contributed by atoms with E-state index in [9.17, 15) is 80.5 Å². The summed E-state index contributed by atoms with van der Waals surface area (Å²) in [6.07, 6.45) is -8.49. The highest BCUT2D eigenvalue weighted by molar-refractivity contribution is 6.02. The fourth-order valence-corrected chi connectivity index (χ4v) is 6.59. The number of hydrogen-bond donors (Lipinski definition) is 12. The lowest BCUT2D eigenvalue weighted by Crippen LogP contribution is -2.57. The Labute approximate surface area is 312 Å². The summed E-state index contributed by atoms with van der Waals surface area (Å²) < 4.78 is 16.8. The molecule has 19 heteroatoms. The second kappa shape index (κ2) is 14.4. The average molecular weight is 781 g/mol. The van der Waals surface area contributed by atoms with Crippen LogP contribution >= 0.6 is 0 Å². The van der Waals surface area contributed by atoms with E-state index in [1.54, 1.807) is 0 Å². The highest BCUT2D eigenvalue weighted by atomic mass is 16.6. The number of aliphatic hydroxyl groups excluding tert-OH is 2. The second-order valence-corrected chi connectivity index (χ2v) is 13.2. The number of rotatable bonds is 7. The molecule has 4 aromatic rings. The third-order valence-corrected chi connectivity index (χ3v) is 9.42. The van der Waals surface area contributed by atoms with Gasteiger partial charge in [0.1, 0.15) is 35.6 Å². The van der Waals surface area contributed by atoms with Crippen molar-refractivity contribution in [2.75, 3.05) is 0 Å². The standard InChI is InChI=1S/C37H32O19/c38-16-8-19(39)18-10-26(56-35(50)15-6-20(40)30(46)21(41)7-15)34(55-25(18)9-16)14-3-17-13(4-22(42)32(48)29(17)33(49)23(43)5-14)1-2-28(45)54-27-12-37(53,36(51)52)11-24(44)31(27)47/h1-9,24,26-27,31,34,38-42,44,46-48,53H,10-12H2,(H,43,49)(H,51,52)/b2-1+/t24-,26-,27+,31-,34-,37+/m1/s1. The molecule has 6 atom stereocenters. The Morgan fingerprint density at radius 1 is 0.768 bits per heavy atom. The van der Waals surface area contributed by atoms with Gasteiger partial charge >= 0.3 is 17.9 Å². The lowest BCUT2D eigenvalue weighted by atomic mass is 9.79. The van der Waals surface area contributed by atoms with Crippen molar-refractivity contribution < 1.29 is 89.9 Å². The number of carbonyl (C=O) groups is 3. The van der Waals surface area contributed by atoms with Gasteiger partial charge in [0.05, 0.1) is 17.1 Å². The van der Waals surface area contributed by atoms with Crippen LogP contribution in [0.5, 0.6) is 51.7 Å². The summed E-state index contributed by atoms with van der Waals surface area (Å²) in [4.78, 5) is 51.2. The van der Waals surface area contributed by atoms with Crippen molar-refractivity contribution >= 4 is 34.8 Å². The molecule has 0 unspecified atom stereocenters. The molecule has 19 nitrogen and oxygen atoms in total. The van der Waals surface area contributed by atoms with Gasteiger partial charge in [-0.1, -0.05) is 0 Å². The molecule has 1 aliphatic carbocycles. The zero-order valence-corrected chi connectivity index (χ0v) is 28.4. The highest BCUT2D eigenvalue weighted by Crippen LogP contribution is 2.45. The molecule has 1 fully saturated rings. The van der Waals surface area contributed by atoms with E-state index >= 15 is 0 Å². The van der Waals surface area contributed by atoms with Gasteiger partial charge in [-0.15, -0.1) is 0 Å². The summed E-state index contributed by atoms with van der Waals surface area (Å²) >= 11 is 0. The Morgan fingerprint density at radius 2 is 1.43 bits per heavy atom. The van der Waals surface area contributed by atoms with Gasteiger partial charge in [0.25, 0.3) is 0 Å². The first-order valence-electron chi connectivity index (χ1n) is 16.4. The van der Waals surface area contributed by atoms with Gasteiger partial charge in [0.15, 0.2) is 46.2 Å². The molecule has 0 spiro atoms. The number of aromatic hydroxyl groups is 8. The van der Waals surface area contributed by atoms with Crippen molar-refractivity contribution in [2.24, 2.45) is 0 Å². The monoisotopic (exact) mass is 780 g/mol. The molecule has 0 amide bonds. The van der Waals surface area contributed by atoms with Crippen LogP contribution in [-0.2, 0) is 25.5 Å². The van der Waals surface area contributed by atoms with E-state index < -0.39 is 129 Å². The second-order valence-electron chi connectivity index (χ2n) is 13.2. The molecule has 12 N–H and O–H groups in total. The van der Waals surface area contributed by atoms with Gasteiger partial charge in [0, 0.05) is 48.6 Å². The minimum Gasteiger partial charge on any atom is -0.508 e. The van der Waals surface area contributed by atoms with Gasteiger partial charge < -0.3 is 75.5 Å². The number of benzene rings is 3. The first-order valence-corrected chi connectivity index (χ1v) is 16.4. The molecule has 0 aromatic heterocycles. The van der Waals surface area contributed by atoms with Crippen LogP contribution in [-0.4, -0.2) is 109 Å². The van der Waals surface area contributed by atoms with Gasteiger partial charge in [-0.25, -0.2) is 14.4 Å². The minimum absolute atomic E-state index is 0.0331. The van der Waals surface area contributed by atoms with Crippen molar-refractivity contribution in [3.63, 3.8) is 0 Å². The molecular weight excluding hydrogens is 748 g/mol. The normalized spacial score (nSPS) is 23.2. The Morgan fingerprint density at radius 3 is 2.09 bits per heavy atom. The quantitative estimate of drug-likeness (QED) is 0.0707. The van der Waals surface area contributed by atoms with E-state index in [2.05, 4.69) is 0 Å². The number of fused-ring (bicyclic) bond motifs is 2. The first kappa shape index (κ1) is 38.8. The molecular formula is C37H32O19. The average Bonchev–Trinajstić information content (AvgIpc) is 3.25. The van der Waals surface area contributed by atoms with E-state index in [4.69, 9.17) is 14.2 Å². The lowest BCUT2D eigenvalue weighted by molar-refractivity contribution is -0.196. The van der Waals surface area contributed by atoms with E-state index in [0.29, 0.717) is 6.08 Å². The SMILES string of the molecule is O=C(/C=C/c1cc(O)c(O)c2c(O)c(=O)cc([C@H]3Oc4cc(O)cc(O)c4C[C@H]3OC(=O)c3cc(O)c(O)c(O)c3)cc12)O[C@H]1C[C@](O)(C(=O)O)C[C@@H](O)[C@H]1O. The van der Waals surface area contributed by atoms with Crippen LogP contribution < -0.4 is 10.2 Å². The largest absolute Gasteiger partial charge is 0.508 e. The zero-order chi connectivity index (χ0) is 41.0. The number of carboxylic acid groups (broad SMARTS) is 1. The summed E-state index contributed by atoms with van der Waals surface area (Å²) in [6.45, 7) is 0. The molecule has 0 saturated heterocycles. The van der Waals surface area contributed by atoms with Crippen molar-refractivity contribution in [2.45, 2.75) is 55.4 Å². The van der Waals surface area contributed by atoms with Gasteiger partial charge in [-0.2, -0.15) is 0 Å². The Hall–Kier alpha value is -6.96. The fraction of sp³-hybridized carbons (Fsp3) is 0.243. The number of aliphatic hydroxyl groups is 3. The minimum atomic E-state index is -2.54. The summed E-state index contributed by atoms with van der Waals surface area (Å²) in [5.74, 6) is -10.9. The highest BCUT2D eigenvalue weighted by Gasteiger charge is 2.50. The molecule has 56 heavy (non-hydrogen) atoms. The Balaban J connectivity index is 1.44. The zero-order valence-electron chi connectivity index (χ0n) is 28.4. The predicted molar refractivity (Wildman–Crippen MR) is 185 cm³/mol. The van der Waals surface area contributed by atoms with E-state index in [-0.39, 0.29) is 34.2 Å². The maximum absolute atomic E-state index is 13.4. The molecule has 6 rings (SSSR count). The van der Waals surface area contributed by atoms with Crippen molar-refractivity contribution in [1.82, 2.24) is 0 Å². The van der Waals surface area contributed by atoms with E-state index in [1.165, 1.54) is 0 Å². The summed E-state index contributed by atoms with van der Waals surface area (Å²) in [5.41, 5.74) is -4.52. The Kier molecular flexibility index (Phi) is 9.94. The number of hydrogen-bond acceptors (Lipinski definition) is 18. The van der Waals surface area contributed by atoms with Crippen LogP contribution in [0.4, 0.5) is 0 Å². The number of aliphatic carboxylic acids is 1. The smallest absolute Gasteiger partial charge is 0.338 e. The van der Waals surface area contributed by atoms with Crippen molar-refractivity contribution in [1.29, 1.82) is 0 Å². The van der Waals surface area contributed by atoms with Crippen LogP contribution in [0.25, 0.3) is 16.8 Å². The van der Waals surface area contributed by atoms with Crippen LogP contribution in [0.1, 0.15) is 46.0 Å². The number of carbonyl (C=O) groups excluding carboxylic acids is 2. The van der Waals surface area contributed by atoms with Crippen LogP contribution in [0.15, 0.2) is 53.3 Å². The lowest BCUT2D eigenvalue weighted by Gasteiger charge is -2.39. The number of ether oxygens (including phenoxy) is 3. The van der Waals surface area contributed by atoms with Crippen molar-refractivity contribution in [3.8, 4) is 51.7 Å². The predicted octanol–water partition coefficient (Wildman–Crippen LogP) is 1.00. The molecule has 0 bridgehead atoms. The van der Waals surface area contributed by atoms with Crippen LogP contribution in [0, 0.1) is 0 Å². The molecule has 2 aliphatic rings. The van der Waals surface area contributed by atoms with Crippen LogP contribution in [0.3, 0.4) is 0 Å². The molecule has 1 heterocycles. The number of esters is 2. The van der Waals surface area contributed by atoms with Crippen molar-refractivity contribution in [3.05, 3.63) is 81.0 Å². The summed E-state index contributed by atoms with van der Waals surface area (Å²) in [6, 6.07) is 6.53. The van der Waals surface area contributed by atoms with E-state index in [0.717, 1.165) is 48.5 Å². The molecule has 1 saturated carbocycles. The molecule has 4 aromatic carbocycles. The topological polar surface area (TPSA) is 339 Å². The first-order chi connectivity index (χ1) is 26.3. The number of carboxylic acids is 1. The summed E-state index contributed by atoms with van der Waals surface area (Å²) in [5, 5.41) is 122. The van der Waals surface area contributed by atoms with Gasteiger partial charge in [-0.05, 0) is 47.4 Å². The maximum atomic E-state index is 13.4. The molecule has 0 radical (unpaired) electrons. The van der Waals surface area contributed by atoms with Gasteiger partial charge in [-0.3, -0.25) is 4.79 Å². The van der Waals surface area contributed by atoms with Crippen LogP contribution in [0.2, 0.25) is 0 Å².